The highest BCUT2D eigenvalue weighted by molar-refractivity contribution is 7.69. The summed E-state index contributed by atoms with van der Waals surface area (Å²) in [5, 5.41) is 4.06. The fraction of sp³-hybridized carbons (Fsp3) is 0. The van der Waals surface area contributed by atoms with E-state index in [1.165, 1.54) is 0 Å². The van der Waals surface area contributed by atoms with Crippen molar-refractivity contribution in [2.24, 2.45) is 5.14 Å². The van der Waals surface area contributed by atoms with Crippen LogP contribution >= 0.6 is 12.4 Å². The molecule has 2 N–H and O–H groups in total. The first-order chi connectivity index (χ1) is 1.73. The Labute approximate surface area is 37.7 Å². The van der Waals surface area contributed by atoms with E-state index in [4.69, 9.17) is 8.42 Å². The topological polar surface area (TPSA) is 60.2 Å². The molecule has 0 spiro atoms. The summed E-state index contributed by atoms with van der Waals surface area (Å²) in [7, 11) is -2.62. The lowest BCUT2D eigenvalue weighted by Crippen LogP contribution is -1.85. The van der Waals surface area contributed by atoms with Gasteiger partial charge in [0, 0.05) is 0 Å². The molecule has 0 saturated heterocycles. The van der Waals surface area contributed by atoms with Gasteiger partial charge < -0.3 is 0 Å². The normalized spacial score (nSPS) is 6.80. The molecule has 0 aliphatic rings. The van der Waals surface area contributed by atoms with E-state index in [2.05, 4.69) is 5.14 Å². The van der Waals surface area contributed by atoms with Crippen LogP contribution in [0.15, 0.2) is 0 Å². The lowest BCUT2D eigenvalue weighted by Gasteiger charge is -1.44. The lowest BCUT2D eigenvalue weighted by molar-refractivity contribution is 0.616. The third-order valence-corrected chi connectivity index (χ3v) is 0. The van der Waals surface area contributed by atoms with Crippen LogP contribution in [0.1, 0.15) is 0 Å². The fourth-order valence-corrected chi connectivity index (χ4v) is 0. The van der Waals surface area contributed by atoms with Crippen molar-refractivity contribution < 1.29 is 8.42 Å². The van der Waals surface area contributed by atoms with Gasteiger partial charge in [0.05, 0.1) is 0 Å². The Bertz CT molecular complexity index is 58.0. The summed E-state index contributed by atoms with van der Waals surface area (Å²) >= 11 is 0. The first kappa shape index (κ1) is 8.96. The van der Waals surface area contributed by atoms with Crippen LogP contribution in [-0.2, 0) is 10.9 Å². The van der Waals surface area contributed by atoms with Gasteiger partial charge in [-0.05, 0) is 0 Å². The second kappa shape index (κ2) is 4.20. The smallest absolute Gasteiger partial charge is 0.198 e. The highest BCUT2D eigenvalue weighted by atomic mass is 35.5. The van der Waals surface area contributed by atoms with Crippen molar-refractivity contribution in [3.8, 4) is 0 Å². The van der Waals surface area contributed by atoms with E-state index in [0.717, 1.165) is 0 Å². The highest BCUT2D eigenvalue weighted by Crippen LogP contribution is 1.14. The van der Waals surface area contributed by atoms with Crippen LogP contribution in [0.4, 0.5) is 0 Å². The third kappa shape index (κ3) is 508. The van der Waals surface area contributed by atoms with Gasteiger partial charge in [-0.25, -0.2) is 13.6 Å². The molecule has 0 aromatic heterocycles. The summed E-state index contributed by atoms with van der Waals surface area (Å²) in [6.45, 7) is 0. The average molecular weight is 118 g/mol. The van der Waals surface area contributed by atoms with Crippen LogP contribution in [0.5, 0.6) is 0 Å². The second-order valence-electron chi connectivity index (χ2n) is 0.285. The number of nitrogens with two attached hydrogens (primary N) is 1. The van der Waals surface area contributed by atoms with Crippen LogP contribution in [0, 0.1) is 0 Å². The van der Waals surface area contributed by atoms with Crippen molar-refractivity contribution in [3.63, 3.8) is 0 Å². The molecule has 34 valence electrons. The summed E-state index contributed by atoms with van der Waals surface area (Å²) in [6, 6.07) is 0. The molecule has 0 heterocycles. The Kier molecular flexibility index (Phi) is 7.52. The molecule has 0 aliphatic heterocycles. The Morgan fingerprint density at radius 1 is 1.40 bits per heavy atom. The van der Waals surface area contributed by atoms with Gasteiger partial charge in [-0.15, -0.1) is 12.4 Å². The molecule has 5 heavy (non-hydrogen) atoms. The molecule has 0 bridgehead atoms. The number of rotatable bonds is 0. The van der Waals surface area contributed by atoms with E-state index in [1.54, 1.807) is 0 Å². The van der Waals surface area contributed by atoms with Gasteiger partial charge in [-0.2, -0.15) is 0 Å². The lowest BCUT2D eigenvalue weighted by atomic mass is 14.0. The fourth-order valence-electron chi connectivity index (χ4n) is 0. The predicted octanol–water partition coefficient (Wildman–Crippen LogP) is -1.11. The van der Waals surface area contributed by atoms with E-state index in [0.29, 0.717) is 0 Å². The van der Waals surface area contributed by atoms with Crippen molar-refractivity contribution in [1.82, 2.24) is 0 Å². The molecule has 0 fully saturated rings. The van der Waals surface area contributed by atoms with Crippen LogP contribution in [0.2, 0.25) is 0 Å². The summed E-state index contributed by atoms with van der Waals surface area (Å²) < 4.78 is 17.6. The SMILES string of the molecule is Cl.N[SH](=O)=O. The minimum atomic E-state index is -2.62. The molecule has 0 atom stereocenters. The van der Waals surface area contributed by atoms with Gasteiger partial charge in [0.15, 0.2) is 10.9 Å². The molecule has 0 amide bonds. The van der Waals surface area contributed by atoms with E-state index in [9.17, 15) is 0 Å². The molecular formula is H4ClNO2S. The Balaban J connectivity index is 0. The molecule has 0 aromatic carbocycles. The molecule has 0 radical (unpaired) electrons. The highest BCUT2D eigenvalue weighted by Gasteiger charge is 1.42. The number of hydrogen-bond donors (Lipinski definition) is 2. The number of thiol groups is 1. The van der Waals surface area contributed by atoms with Gasteiger partial charge >= 0.3 is 0 Å². The van der Waals surface area contributed by atoms with Crippen LogP contribution in [0.3, 0.4) is 0 Å². The molecule has 0 rings (SSSR count). The largest absolute Gasteiger partial charge is 0.231 e. The zero-order valence-corrected chi connectivity index (χ0v) is 3.96. The Morgan fingerprint density at radius 3 is 1.40 bits per heavy atom. The van der Waals surface area contributed by atoms with Gasteiger partial charge in [-0.3, -0.25) is 0 Å². The maximum absolute atomic E-state index is 8.81. The van der Waals surface area contributed by atoms with Crippen molar-refractivity contribution in [2.45, 2.75) is 0 Å². The summed E-state index contributed by atoms with van der Waals surface area (Å²) in [6.07, 6.45) is 0. The van der Waals surface area contributed by atoms with Crippen molar-refractivity contribution in [1.29, 1.82) is 0 Å². The summed E-state index contributed by atoms with van der Waals surface area (Å²) in [5.41, 5.74) is 0. The van der Waals surface area contributed by atoms with Gasteiger partial charge in [0.2, 0.25) is 0 Å². The molecule has 0 aromatic rings. The zero-order valence-electron chi connectivity index (χ0n) is 2.25. The Hall–Kier alpha value is 0.200. The average Bonchev–Trinajstić information content (AvgIpc) is 0.811. The Morgan fingerprint density at radius 2 is 1.40 bits per heavy atom. The first-order valence-electron chi connectivity index (χ1n) is 0.623. The van der Waals surface area contributed by atoms with Crippen molar-refractivity contribution in [2.75, 3.05) is 0 Å². The standard InChI is InChI=1S/ClH.H3NO2S/c;1-4(2)3/h1H;4H,(H2,1,2,3). The summed E-state index contributed by atoms with van der Waals surface area (Å²) in [4.78, 5) is 0. The molecule has 5 heteroatoms. The van der Waals surface area contributed by atoms with Crippen LogP contribution in [-0.4, -0.2) is 8.42 Å². The number of hydrogen-bond acceptors (Lipinski definition) is 2. The van der Waals surface area contributed by atoms with Crippen LogP contribution in [0.25, 0.3) is 0 Å². The molecule has 0 saturated carbocycles. The maximum Gasteiger partial charge on any atom is 0.198 e. The summed E-state index contributed by atoms with van der Waals surface area (Å²) in [5.74, 6) is 0. The zero-order chi connectivity index (χ0) is 3.58. The number of halogens is 1. The van der Waals surface area contributed by atoms with Crippen molar-refractivity contribution >= 4 is 23.3 Å². The molecule has 3 nitrogen and oxygen atoms in total. The monoisotopic (exact) mass is 117 g/mol. The van der Waals surface area contributed by atoms with Gasteiger partial charge in [0.1, 0.15) is 0 Å². The molecule has 0 aliphatic carbocycles. The molecule has 0 unspecified atom stereocenters. The van der Waals surface area contributed by atoms with E-state index < -0.39 is 10.9 Å². The predicted molar refractivity (Wildman–Crippen MR) is 21.8 cm³/mol. The van der Waals surface area contributed by atoms with Gasteiger partial charge in [-0.1, -0.05) is 0 Å². The first-order valence-corrected chi connectivity index (χ1v) is 1.87. The molecular weight excluding hydrogens is 114 g/mol. The van der Waals surface area contributed by atoms with Gasteiger partial charge in [0.25, 0.3) is 0 Å². The van der Waals surface area contributed by atoms with E-state index in [-0.39, 0.29) is 12.4 Å². The van der Waals surface area contributed by atoms with Crippen molar-refractivity contribution in [3.05, 3.63) is 0 Å². The minimum absolute atomic E-state index is 0. The third-order valence-electron chi connectivity index (χ3n) is 0. The van der Waals surface area contributed by atoms with E-state index >= 15 is 0 Å². The maximum atomic E-state index is 8.81. The second-order valence-corrected chi connectivity index (χ2v) is 0.856. The van der Waals surface area contributed by atoms with Crippen LogP contribution < -0.4 is 5.14 Å². The quantitative estimate of drug-likeness (QED) is 0.396. The van der Waals surface area contributed by atoms with E-state index in [1.807, 2.05) is 0 Å². The minimum Gasteiger partial charge on any atom is -0.231 e.